The number of hydrogen-bond donors (Lipinski definition) is 0. The molecule has 0 aromatic rings. The third-order valence-electron chi connectivity index (χ3n) is 16.3. The molecule has 0 aliphatic carbocycles. The quantitative estimate of drug-likeness (QED) is 0.0261. The van der Waals surface area contributed by atoms with E-state index in [0.717, 1.165) is 64.2 Å². The molecule has 0 aromatic carbocycles. The third kappa shape index (κ3) is 64.9. The molecule has 0 aliphatic heterocycles. The van der Waals surface area contributed by atoms with Gasteiger partial charge in [-0.2, -0.15) is 0 Å². The van der Waals surface area contributed by atoms with Crippen LogP contribution in [0.4, 0.5) is 0 Å². The van der Waals surface area contributed by atoms with Gasteiger partial charge in [0.1, 0.15) is 13.2 Å². The molecule has 456 valence electrons. The number of carbonyl (C=O) groups excluding carboxylic acids is 3. The van der Waals surface area contributed by atoms with Gasteiger partial charge in [0.05, 0.1) is 0 Å². The summed E-state index contributed by atoms with van der Waals surface area (Å²) in [7, 11) is 0. The van der Waals surface area contributed by atoms with Crippen molar-refractivity contribution in [1.29, 1.82) is 0 Å². The van der Waals surface area contributed by atoms with Gasteiger partial charge >= 0.3 is 17.9 Å². The Labute approximate surface area is 481 Å². The summed E-state index contributed by atoms with van der Waals surface area (Å²) in [4.78, 5) is 38.2. The zero-order chi connectivity index (χ0) is 55.7. The van der Waals surface area contributed by atoms with Crippen molar-refractivity contribution >= 4 is 17.9 Å². The van der Waals surface area contributed by atoms with Crippen molar-refractivity contribution < 1.29 is 28.6 Å². The Morgan fingerprint density at radius 3 is 0.675 bits per heavy atom. The Hall–Kier alpha value is -1.85. The van der Waals surface area contributed by atoms with Crippen LogP contribution in [0.3, 0.4) is 0 Å². The average molecular weight is 1090 g/mol. The van der Waals surface area contributed by atoms with Gasteiger partial charge < -0.3 is 14.2 Å². The maximum atomic E-state index is 12.8. The van der Waals surface area contributed by atoms with Crippen LogP contribution in [0.15, 0.2) is 12.2 Å². The third-order valence-corrected chi connectivity index (χ3v) is 16.3. The summed E-state index contributed by atoms with van der Waals surface area (Å²) in [6, 6.07) is 0. The van der Waals surface area contributed by atoms with Gasteiger partial charge in [0.25, 0.3) is 0 Å². The second-order valence-corrected chi connectivity index (χ2v) is 24.2. The van der Waals surface area contributed by atoms with E-state index in [4.69, 9.17) is 14.2 Å². The van der Waals surface area contributed by atoms with Crippen molar-refractivity contribution in [2.75, 3.05) is 13.2 Å². The fourth-order valence-corrected chi connectivity index (χ4v) is 11.0. The van der Waals surface area contributed by atoms with E-state index in [1.807, 2.05) is 0 Å². The molecule has 77 heavy (non-hydrogen) atoms. The van der Waals surface area contributed by atoms with Crippen molar-refractivity contribution in [3.8, 4) is 0 Å². The van der Waals surface area contributed by atoms with Crippen LogP contribution in [0, 0.1) is 0 Å². The van der Waals surface area contributed by atoms with E-state index in [0.29, 0.717) is 19.3 Å². The van der Waals surface area contributed by atoms with Crippen LogP contribution in [-0.2, 0) is 28.6 Å². The number of ether oxygens (including phenoxy) is 3. The fraction of sp³-hybridized carbons (Fsp3) is 0.930. The van der Waals surface area contributed by atoms with E-state index >= 15 is 0 Å². The van der Waals surface area contributed by atoms with Crippen molar-refractivity contribution in [2.24, 2.45) is 0 Å². The first-order chi connectivity index (χ1) is 38.0. The highest BCUT2D eigenvalue weighted by molar-refractivity contribution is 5.71. The molecule has 1 atom stereocenters. The summed E-state index contributed by atoms with van der Waals surface area (Å²) in [6.07, 6.45) is 79.9. The summed E-state index contributed by atoms with van der Waals surface area (Å²) >= 11 is 0. The van der Waals surface area contributed by atoms with Crippen LogP contribution < -0.4 is 0 Å². The lowest BCUT2D eigenvalue weighted by molar-refractivity contribution is -0.167. The Morgan fingerprint density at radius 2 is 0.429 bits per heavy atom. The molecule has 6 heteroatoms. The first kappa shape index (κ1) is 75.2. The van der Waals surface area contributed by atoms with E-state index < -0.39 is 6.10 Å². The number of allylic oxidation sites excluding steroid dienone is 2. The molecule has 0 aliphatic rings. The molecule has 0 amide bonds. The second-order valence-electron chi connectivity index (χ2n) is 24.2. The normalized spacial score (nSPS) is 12.0. The van der Waals surface area contributed by atoms with E-state index in [-0.39, 0.29) is 31.1 Å². The van der Waals surface area contributed by atoms with Gasteiger partial charge in [-0.15, -0.1) is 0 Å². The maximum Gasteiger partial charge on any atom is 0.306 e. The van der Waals surface area contributed by atoms with Gasteiger partial charge in [-0.1, -0.05) is 354 Å². The minimum Gasteiger partial charge on any atom is -0.462 e. The van der Waals surface area contributed by atoms with Crippen LogP contribution in [0.25, 0.3) is 0 Å². The Morgan fingerprint density at radius 1 is 0.247 bits per heavy atom. The number of rotatable bonds is 66. The molecule has 0 rings (SSSR count). The zero-order valence-corrected chi connectivity index (χ0v) is 52.5. The SMILES string of the molecule is CCCCC/C=C\CCCCCCCC(=O)OC(COC(=O)CCCCCCCCCCCCCC)COC(=O)CCCCCCCCCCCCCCCCCCCCCCCCCCCCCCCCCCCCC. The minimum atomic E-state index is -0.769. The molecular weight excluding hydrogens is 949 g/mol. The largest absolute Gasteiger partial charge is 0.462 e. The first-order valence-electron chi connectivity index (χ1n) is 35.2. The summed E-state index contributed by atoms with van der Waals surface area (Å²) in [5.74, 6) is -0.850. The number of unbranched alkanes of at least 4 members (excludes halogenated alkanes) is 53. The fourth-order valence-electron chi connectivity index (χ4n) is 11.0. The Kier molecular flexibility index (Phi) is 65.1. The monoisotopic (exact) mass is 1090 g/mol. The molecule has 0 N–H and O–H groups in total. The molecular formula is C71H136O6. The summed E-state index contributed by atoms with van der Waals surface area (Å²) in [6.45, 7) is 6.67. The van der Waals surface area contributed by atoms with Crippen LogP contribution in [-0.4, -0.2) is 37.2 Å². The predicted molar refractivity (Wildman–Crippen MR) is 335 cm³/mol. The molecule has 0 aromatic heterocycles. The maximum absolute atomic E-state index is 12.8. The van der Waals surface area contributed by atoms with Gasteiger partial charge in [-0.25, -0.2) is 0 Å². The van der Waals surface area contributed by atoms with Crippen LogP contribution in [0.1, 0.15) is 406 Å². The molecule has 1 unspecified atom stereocenters. The number of hydrogen-bond acceptors (Lipinski definition) is 6. The number of carbonyl (C=O) groups is 3. The molecule has 0 saturated carbocycles. The topological polar surface area (TPSA) is 78.9 Å². The average Bonchev–Trinajstić information content (AvgIpc) is 3.43. The standard InChI is InChI=1S/C71H136O6/c1-4-7-10-13-16-19-22-25-26-27-28-29-30-31-32-33-34-35-36-37-38-39-40-41-42-43-44-45-46-47-50-52-55-58-61-64-70(73)76-67-68(77-71(74)65-62-59-56-53-49-24-21-18-15-12-9-6-3)66-75-69(72)63-60-57-54-51-48-23-20-17-14-11-8-5-2/h18,21,68H,4-17,19-20,22-67H2,1-3H3/b21-18-. The minimum absolute atomic E-state index is 0.0674. The molecule has 0 heterocycles. The lowest BCUT2D eigenvalue weighted by Gasteiger charge is -2.18. The van der Waals surface area contributed by atoms with Gasteiger partial charge in [0.15, 0.2) is 6.10 Å². The van der Waals surface area contributed by atoms with Gasteiger partial charge in [0, 0.05) is 19.3 Å². The van der Waals surface area contributed by atoms with Crippen molar-refractivity contribution in [1.82, 2.24) is 0 Å². The van der Waals surface area contributed by atoms with Gasteiger partial charge in [0.2, 0.25) is 0 Å². The van der Waals surface area contributed by atoms with E-state index in [2.05, 4.69) is 32.9 Å². The highest BCUT2D eigenvalue weighted by atomic mass is 16.6. The van der Waals surface area contributed by atoms with Crippen molar-refractivity contribution in [3.63, 3.8) is 0 Å². The Balaban J connectivity index is 3.94. The summed E-state index contributed by atoms with van der Waals surface area (Å²) in [5.41, 5.74) is 0. The molecule has 6 nitrogen and oxygen atoms in total. The lowest BCUT2D eigenvalue weighted by Crippen LogP contribution is -2.30. The van der Waals surface area contributed by atoms with Gasteiger partial charge in [-0.3, -0.25) is 14.4 Å². The summed E-state index contributed by atoms with van der Waals surface area (Å²) in [5, 5.41) is 0. The molecule has 0 spiro atoms. The zero-order valence-electron chi connectivity index (χ0n) is 52.5. The molecule has 0 fully saturated rings. The summed E-state index contributed by atoms with van der Waals surface area (Å²) < 4.78 is 16.9. The number of esters is 3. The van der Waals surface area contributed by atoms with Crippen molar-refractivity contribution in [3.05, 3.63) is 12.2 Å². The van der Waals surface area contributed by atoms with Crippen LogP contribution in [0.5, 0.6) is 0 Å². The van der Waals surface area contributed by atoms with Crippen molar-refractivity contribution in [2.45, 2.75) is 412 Å². The van der Waals surface area contributed by atoms with Crippen LogP contribution >= 0.6 is 0 Å². The highest BCUT2D eigenvalue weighted by Crippen LogP contribution is 2.19. The van der Waals surface area contributed by atoms with E-state index in [1.54, 1.807) is 0 Å². The first-order valence-corrected chi connectivity index (χ1v) is 35.2. The Bertz CT molecular complexity index is 1200. The highest BCUT2D eigenvalue weighted by Gasteiger charge is 2.19. The predicted octanol–water partition coefficient (Wildman–Crippen LogP) is 24.0. The van der Waals surface area contributed by atoms with E-state index in [1.165, 1.54) is 302 Å². The van der Waals surface area contributed by atoms with E-state index in [9.17, 15) is 14.4 Å². The smallest absolute Gasteiger partial charge is 0.306 e. The molecule has 0 bridgehead atoms. The molecule has 0 saturated heterocycles. The lowest BCUT2D eigenvalue weighted by atomic mass is 10.0. The van der Waals surface area contributed by atoms with Gasteiger partial charge in [-0.05, 0) is 44.9 Å². The molecule has 0 radical (unpaired) electrons. The second kappa shape index (κ2) is 66.7. The van der Waals surface area contributed by atoms with Crippen LogP contribution in [0.2, 0.25) is 0 Å².